The minimum absolute atomic E-state index is 0.219. The summed E-state index contributed by atoms with van der Waals surface area (Å²) < 4.78 is 6.02. The third-order valence-electron chi connectivity index (χ3n) is 3.09. The van der Waals surface area contributed by atoms with Gasteiger partial charge in [0.05, 0.1) is 0 Å². The lowest BCUT2D eigenvalue weighted by molar-refractivity contribution is 0.176. The van der Waals surface area contributed by atoms with E-state index in [2.05, 4.69) is 42.5 Å². The first-order valence-electron chi connectivity index (χ1n) is 5.73. The Bertz CT molecular complexity index is 476. The molecule has 0 N–H and O–H groups in total. The van der Waals surface area contributed by atoms with Gasteiger partial charge in [-0.1, -0.05) is 48.5 Å². The van der Waals surface area contributed by atoms with Crippen molar-refractivity contribution in [3.63, 3.8) is 0 Å². The number of hydrogen-bond donors (Lipinski definition) is 0. The molecule has 0 aromatic heterocycles. The van der Waals surface area contributed by atoms with Gasteiger partial charge in [-0.05, 0) is 30.0 Å². The maximum absolute atomic E-state index is 6.02. The summed E-state index contributed by atoms with van der Waals surface area (Å²) in [6.07, 6.45) is 2.40. The highest BCUT2D eigenvalue weighted by Gasteiger charge is 2.20. The van der Waals surface area contributed by atoms with Crippen molar-refractivity contribution < 1.29 is 4.74 Å². The van der Waals surface area contributed by atoms with Crippen LogP contribution in [0.3, 0.4) is 0 Å². The molecule has 0 aliphatic carbocycles. The van der Waals surface area contributed by atoms with Crippen LogP contribution in [0.2, 0.25) is 0 Å². The largest absolute Gasteiger partial charge is 0.485 e. The Hall–Kier alpha value is -1.76. The maximum Gasteiger partial charge on any atom is 0.124 e. The van der Waals surface area contributed by atoms with E-state index >= 15 is 0 Å². The molecule has 80 valence electrons. The highest BCUT2D eigenvalue weighted by molar-refractivity contribution is 5.36. The van der Waals surface area contributed by atoms with Gasteiger partial charge in [0, 0.05) is 0 Å². The molecule has 1 heterocycles. The van der Waals surface area contributed by atoms with Gasteiger partial charge in [-0.25, -0.2) is 0 Å². The van der Waals surface area contributed by atoms with Crippen molar-refractivity contribution >= 4 is 0 Å². The number of benzene rings is 2. The Morgan fingerprint density at radius 1 is 0.875 bits per heavy atom. The minimum atomic E-state index is 0.219. The van der Waals surface area contributed by atoms with Gasteiger partial charge < -0.3 is 4.74 Å². The molecule has 1 aliphatic heterocycles. The molecule has 1 unspecified atom stereocenters. The lowest BCUT2D eigenvalue weighted by Gasteiger charge is -2.26. The fraction of sp³-hybridized carbons (Fsp3) is 0.200. The summed E-state index contributed by atoms with van der Waals surface area (Å²) in [6.45, 7) is 0. The standard InChI is InChI=1S/C15H14O/c1-2-6-12(7-3-1)15-11-10-13-8-4-5-9-14(13)16-15/h1-9,15H,10-11H2. The molecule has 0 saturated carbocycles. The molecular weight excluding hydrogens is 196 g/mol. The van der Waals surface area contributed by atoms with Gasteiger partial charge in [0.2, 0.25) is 0 Å². The van der Waals surface area contributed by atoms with Crippen LogP contribution in [0.15, 0.2) is 54.6 Å². The molecule has 0 amide bonds. The van der Waals surface area contributed by atoms with Crippen LogP contribution < -0.4 is 4.74 Å². The average molecular weight is 210 g/mol. The third-order valence-corrected chi connectivity index (χ3v) is 3.09. The number of ether oxygens (including phenoxy) is 1. The van der Waals surface area contributed by atoms with Crippen molar-refractivity contribution in [2.24, 2.45) is 0 Å². The highest BCUT2D eigenvalue weighted by atomic mass is 16.5. The number of fused-ring (bicyclic) bond motifs is 1. The minimum Gasteiger partial charge on any atom is -0.485 e. The monoisotopic (exact) mass is 210 g/mol. The Labute approximate surface area is 95.7 Å². The molecule has 0 bridgehead atoms. The van der Waals surface area contributed by atoms with Gasteiger partial charge in [0.25, 0.3) is 0 Å². The van der Waals surface area contributed by atoms with Crippen molar-refractivity contribution in [3.8, 4) is 5.75 Å². The Balaban J connectivity index is 1.89. The first-order chi connectivity index (χ1) is 7.93. The van der Waals surface area contributed by atoms with Crippen LogP contribution in [0.5, 0.6) is 5.75 Å². The Kier molecular flexibility index (Phi) is 2.37. The topological polar surface area (TPSA) is 9.23 Å². The predicted octanol–water partition coefficient (Wildman–Crippen LogP) is 3.75. The van der Waals surface area contributed by atoms with Gasteiger partial charge in [0.15, 0.2) is 0 Å². The van der Waals surface area contributed by atoms with E-state index in [4.69, 9.17) is 4.74 Å². The summed E-state index contributed by atoms with van der Waals surface area (Å²) in [5, 5.41) is 0. The number of hydrogen-bond acceptors (Lipinski definition) is 1. The summed E-state index contributed by atoms with van der Waals surface area (Å²) in [4.78, 5) is 0. The van der Waals surface area contributed by atoms with Crippen LogP contribution in [0, 0.1) is 0 Å². The summed E-state index contributed by atoms with van der Waals surface area (Å²) in [5.41, 5.74) is 2.60. The molecule has 0 radical (unpaired) electrons. The molecule has 1 aliphatic rings. The van der Waals surface area contributed by atoms with Crippen molar-refractivity contribution in [3.05, 3.63) is 65.7 Å². The second kappa shape index (κ2) is 4.01. The molecule has 0 saturated heterocycles. The molecule has 2 aromatic carbocycles. The molecule has 16 heavy (non-hydrogen) atoms. The summed E-state index contributed by atoms with van der Waals surface area (Å²) in [6, 6.07) is 18.8. The second-order valence-electron chi connectivity index (χ2n) is 4.16. The van der Waals surface area contributed by atoms with E-state index in [0.29, 0.717) is 0 Å². The molecular formula is C15H14O. The van der Waals surface area contributed by atoms with E-state index in [1.54, 1.807) is 0 Å². The van der Waals surface area contributed by atoms with Crippen LogP contribution in [0.1, 0.15) is 23.7 Å². The Morgan fingerprint density at radius 3 is 2.50 bits per heavy atom. The summed E-state index contributed by atoms with van der Waals surface area (Å²) in [5.74, 6) is 1.04. The van der Waals surface area contributed by atoms with Crippen LogP contribution in [0.4, 0.5) is 0 Å². The van der Waals surface area contributed by atoms with Gasteiger partial charge in [-0.15, -0.1) is 0 Å². The fourth-order valence-electron chi connectivity index (χ4n) is 2.23. The first kappa shape index (κ1) is 9.46. The molecule has 0 spiro atoms. The normalized spacial score (nSPS) is 18.6. The SMILES string of the molecule is c1ccc(C2CCc3ccccc3O2)cc1. The van der Waals surface area contributed by atoms with E-state index in [0.717, 1.165) is 18.6 Å². The summed E-state index contributed by atoms with van der Waals surface area (Å²) in [7, 11) is 0. The predicted molar refractivity (Wildman–Crippen MR) is 64.6 cm³/mol. The zero-order valence-electron chi connectivity index (χ0n) is 9.10. The van der Waals surface area contributed by atoms with E-state index in [9.17, 15) is 0 Å². The first-order valence-corrected chi connectivity index (χ1v) is 5.73. The molecule has 3 rings (SSSR count). The van der Waals surface area contributed by atoms with Gasteiger partial charge in [-0.2, -0.15) is 0 Å². The smallest absolute Gasteiger partial charge is 0.124 e. The zero-order valence-corrected chi connectivity index (χ0v) is 9.10. The number of para-hydroxylation sites is 1. The molecule has 0 fully saturated rings. The van der Waals surface area contributed by atoms with Crippen molar-refractivity contribution in [2.45, 2.75) is 18.9 Å². The van der Waals surface area contributed by atoms with Crippen LogP contribution in [-0.4, -0.2) is 0 Å². The van der Waals surface area contributed by atoms with Crippen molar-refractivity contribution in [1.82, 2.24) is 0 Å². The van der Waals surface area contributed by atoms with Crippen molar-refractivity contribution in [1.29, 1.82) is 0 Å². The van der Waals surface area contributed by atoms with Gasteiger partial charge >= 0.3 is 0 Å². The third kappa shape index (κ3) is 1.69. The fourth-order valence-corrected chi connectivity index (χ4v) is 2.23. The molecule has 2 aromatic rings. The quantitative estimate of drug-likeness (QED) is 0.696. The van der Waals surface area contributed by atoms with E-state index in [-0.39, 0.29) is 6.10 Å². The lowest BCUT2D eigenvalue weighted by atomic mass is 9.98. The highest BCUT2D eigenvalue weighted by Crippen LogP contribution is 2.34. The van der Waals surface area contributed by atoms with Crippen molar-refractivity contribution in [2.75, 3.05) is 0 Å². The van der Waals surface area contributed by atoms with Crippen LogP contribution in [0.25, 0.3) is 0 Å². The van der Waals surface area contributed by atoms with E-state index in [1.807, 2.05) is 12.1 Å². The molecule has 1 nitrogen and oxygen atoms in total. The van der Waals surface area contributed by atoms with Crippen LogP contribution in [-0.2, 0) is 6.42 Å². The van der Waals surface area contributed by atoms with E-state index < -0.39 is 0 Å². The maximum atomic E-state index is 6.02. The molecule has 1 atom stereocenters. The lowest BCUT2D eigenvalue weighted by Crippen LogP contribution is -2.14. The van der Waals surface area contributed by atoms with Gasteiger partial charge in [0.1, 0.15) is 11.9 Å². The number of rotatable bonds is 1. The summed E-state index contributed by atoms with van der Waals surface area (Å²) >= 11 is 0. The van der Waals surface area contributed by atoms with Gasteiger partial charge in [-0.3, -0.25) is 0 Å². The van der Waals surface area contributed by atoms with E-state index in [1.165, 1.54) is 11.1 Å². The zero-order chi connectivity index (χ0) is 10.8. The van der Waals surface area contributed by atoms with Crippen LogP contribution >= 0.6 is 0 Å². The number of aryl methyl sites for hydroxylation is 1. The second-order valence-corrected chi connectivity index (χ2v) is 4.16. The molecule has 1 heteroatoms. The Morgan fingerprint density at radius 2 is 1.62 bits per heavy atom. The average Bonchev–Trinajstić information content (AvgIpc) is 2.39.